The lowest BCUT2D eigenvalue weighted by molar-refractivity contribution is 0.140. The minimum atomic E-state index is 0.836. The summed E-state index contributed by atoms with van der Waals surface area (Å²) in [6.07, 6.45) is 3.57. The van der Waals surface area contributed by atoms with Crippen LogP contribution in [-0.2, 0) is 6.54 Å². The van der Waals surface area contributed by atoms with Gasteiger partial charge in [0, 0.05) is 45.5 Å². The van der Waals surface area contributed by atoms with Crippen LogP contribution in [0.15, 0.2) is 11.1 Å². The average molecular weight is 363 g/mol. The van der Waals surface area contributed by atoms with Gasteiger partial charge in [0.05, 0.1) is 5.69 Å². The summed E-state index contributed by atoms with van der Waals surface area (Å²) in [5.41, 5.74) is 2.32. The molecule has 0 aromatic carbocycles. The van der Waals surface area contributed by atoms with Crippen molar-refractivity contribution in [2.45, 2.75) is 53.5 Å². The molecule has 6 nitrogen and oxygen atoms in total. The first-order chi connectivity index (χ1) is 12.5. The van der Waals surface area contributed by atoms with E-state index in [1.165, 1.54) is 31.7 Å². The first-order valence-corrected chi connectivity index (χ1v) is 10.2. The fourth-order valence-corrected chi connectivity index (χ4v) is 4.04. The van der Waals surface area contributed by atoms with Crippen LogP contribution in [-0.4, -0.2) is 60.4 Å². The zero-order valence-electron chi connectivity index (χ0n) is 17.4. The highest BCUT2D eigenvalue weighted by molar-refractivity contribution is 5.79. The minimum absolute atomic E-state index is 0.836. The van der Waals surface area contributed by atoms with Gasteiger partial charge >= 0.3 is 0 Å². The second-order valence-corrected chi connectivity index (χ2v) is 7.99. The summed E-state index contributed by atoms with van der Waals surface area (Å²) in [5, 5.41) is 11.3. The van der Waals surface area contributed by atoms with Crippen LogP contribution < -0.4 is 10.6 Å². The smallest absolute Gasteiger partial charge is 0.190 e. The summed E-state index contributed by atoms with van der Waals surface area (Å²) >= 11 is 0. The van der Waals surface area contributed by atoms with Crippen molar-refractivity contribution in [3.05, 3.63) is 17.5 Å². The largest absolute Gasteiger partial charge is 0.356 e. The number of likely N-dealkylation sites (tertiary alicyclic amines) is 1. The zero-order chi connectivity index (χ0) is 18.9. The van der Waals surface area contributed by atoms with Gasteiger partial charge in [-0.05, 0) is 57.6 Å². The Hall–Kier alpha value is -1.56. The molecule has 0 saturated carbocycles. The Morgan fingerprint density at radius 1 is 1.12 bits per heavy atom. The Morgan fingerprint density at radius 2 is 1.73 bits per heavy atom. The summed E-state index contributed by atoms with van der Waals surface area (Å²) in [4.78, 5) is 6.94. The maximum absolute atomic E-state index is 4.50. The van der Waals surface area contributed by atoms with E-state index in [1.54, 1.807) is 0 Å². The monoisotopic (exact) mass is 362 g/mol. The molecule has 2 rings (SSSR count). The average Bonchev–Trinajstić information content (AvgIpc) is 2.90. The molecule has 148 valence electrons. The van der Waals surface area contributed by atoms with Crippen LogP contribution in [0.3, 0.4) is 0 Å². The maximum Gasteiger partial charge on any atom is 0.190 e. The molecule has 1 saturated heterocycles. The number of guanidine groups is 1. The number of nitrogens with one attached hydrogen (secondary N) is 2. The quantitative estimate of drug-likeness (QED) is 0.424. The molecule has 6 heteroatoms. The molecule has 0 bridgehead atoms. The van der Waals surface area contributed by atoms with E-state index in [4.69, 9.17) is 0 Å². The molecule has 0 spiro atoms. The van der Waals surface area contributed by atoms with Crippen LogP contribution in [0, 0.1) is 25.7 Å². The molecule has 2 atom stereocenters. The van der Waals surface area contributed by atoms with Crippen molar-refractivity contribution < 1.29 is 0 Å². The van der Waals surface area contributed by atoms with Crippen LogP contribution in [0.25, 0.3) is 0 Å². The Morgan fingerprint density at radius 3 is 2.27 bits per heavy atom. The van der Waals surface area contributed by atoms with Crippen LogP contribution in [0.5, 0.6) is 0 Å². The summed E-state index contributed by atoms with van der Waals surface area (Å²) < 4.78 is 2.08. The highest BCUT2D eigenvalue weighted by Gasteiger charge is 2.20. The van der Waals surface area contributed by atoms with Gasteiger partial charge in [0.1, 0.15) is 0 Å². The number of hydrogen-bond donors (Lipinski definition) is 2. The molecule has 1 aliphatic rings. The predicted octanol–water partition coefficient (Wildman–Crippen LogP) is 2.42. The van der Waals surface area contributed by atoms with E-state index in [0.29, 0.717) is 0 Å². The summed E-state index contributed by atoms with van der Waals surface area (Å²) in [6, 6.07) is 2.12. The lowest BCUT2D eigenvalue weighted by atomic mass is 9.92. The first kappa shape index (κ1) is 20.7. The van der Waals surface area contributed by atoms with Crippen molar-refractivity contribution in [2.24, 2.45) is 16.8 Å². The van der Waals surface area contributed by atoms with Crippen LogP contribution in [0.4, 0.5) is 0 Å². The number of piperidine rings is 1. The molecular formula is C20H38N6. The Kier molecular flexibility index (Phi) is 8.42. The van der Waals surface area contributed by atoms with Crippen molar-refractivity contribution in [3.63, 3.8) is 0 Å². The standard InChI is InChI=1S/C20H38N6/c1-16-12-17(2)15-25(14-16)10-6-8-22-20(21-5)23-9-7-11-26-19(4)13-18(3)24-26/h13,16-17H,6-12,14-15H2,1-5H3,(H2,21,22,23). The van der Waals surface area contributed by atoms with E-state index in [0.717, 1.165) is 56.0 Å². The highest BCUT2D eigenvalue weighted by Crippen LogP contribution is 2.20. The van der Waals surface area contributed by atoms with Gasteiger partial charge in [-0.3, -0.25) is 9.67 Å². The van der Waals surface area contributed by atoms with Gasteiger partial charge in [-0.2, -0.15) is 5.10 Å². The van der Waals surface area contributed by atoms with E-state index >= 15 is 0 Å². The normalized spacial score (nSPS) is 21.8. The fourth-order valence-electron chi connectivity index (χ4n) is 4.04. The molecule has 2 heterocycles. The van der Waals surface area contributed by atoms with Gasteiger partial charge in [-0.15, -0.1) is 0 Å². The third-order valence-electron chi connectivity index (χ3n) is 5.05. The Labute approximate surface area is 159 Å². The summed E-state index contributed by atoms with van der Waals surface area (Å²) in [6.45, 7) is 15.4. The number of aromatic nitrogens is 2. The molecule has 1 aliphatic heterocycles. The Balaban J connectivity index is 1.57. The number of hydrogen-bond acceptors (Lipinski definition) is 3. The topological polar surface area (TPSA) is 57.5 Å². The number of nitrogens with zero attached hydrogens (tertiary/aromatic N) is 4. The number of aliphatic imine (C=N–C) groups is 1. The number of aryl methyl sites for hydroxylation is 3. The molecule has 1 aromatic heterocycles. The molecule has 2 N–H and O–H groups in total. The SMILES string of the molecule is CN=C(NCCCN1CC(C)CC(C)C1)NCCCn1nc(C)cc1C. The molecule has 0 amide bonds. The summed E-state index contributed by atoms with van der Waals surface area (Å²) in [5.74, 6) is 2.57. The Bertz CT molecular complexity index is 555. The molecule has 26 heavy (non-hydrogen) atoms. The molecule has 0 radical (unpaired) electrons. The lowest BCUT2D eigenvalue weighted by Crippen LogP contribution is -2.42. The lowest BCUT2D eigenvalue weighted by Gasteiger charge is -2.35. The van der Waals surface area contributed by atoms with E-state index in [2.05, 4.69) is 57.1 Å². The zero-order valence-corrected chi connectivity index (χ0v) is 17.4. The summed E-state index contributed by atoms with van der Waals surface area (Å²) in [7, 11) is 1.84. The molecule has 1 aromatic rings. The van der Waals surface area contributed by atoms with Crippen LogP contribution >= 0.6 is 0 Å². The molecule has 2 unspecified atom stereocenters. The van der Waals surface area contributed by atoms with E-state index in [-0.39, 0.29) is 0 Å². The van der Waals surface area contributed by atoms with E-state index in [1.807, 2.05) is 14.0 Å². The van der Waals surface area contributed by atoms with Gasteiger partial charge in [-0.25, -0.2) is 0 Å². The van der Waals surface area contributed by atoms with E-state index < -0.39 is 0 Å². The van der Waals surface area contributed by atoms with Crippen molar-refractivity contribution in [1.82, 2.24) is 25.3 Å². The van der Waals surface area contributed by atoms with Crippen molar-refractivity contribution in [3.8, 4) is 0 Å². The third kappa shape index (κ3) is 6.98. The molecular weight excluding hydrogens is 324 g/mol. The minimum Gasteiger partial charge on any atom is -0.356 e. The molecule has 0 aliphatic carbocycles. The maximum atomic E-state index is 4.50. The molecule has 1 fully saturated rings. The third-order valence-corrected chi connectivity index (χ3v) is 5.05. The van der Waals surface area contributed by atoms with Gasteiger partial charge in [0.25, 0.3) is 0 Å². The second-order valence-electron chi connectivity index (χ2n) is 7.99. The van der Waals surface area contributed by atoms with Crippen molar-refractivity contribution >= 4 is 5.96 Å². The number of rotatable bonds is 8. The van der Waals surface area contributed by atoms with Crippen LogP contribution in [0.2, 0.25) is 0 Å². The van der Waals surface area contributed by atoms with E-state index in [9.17, 15) is 0 Å². The first-order valence-electron chi connectivity index (χ1n) is 10.2. The highest BCUT2D eigenvalue weighted by atomic mass is 15.3. The van der Waals surface area contributed by atoms with Gasteiger partial charge in [-0.1, -0.05) is 13.8 Å². The van der Waals surface area contributed by atoms with Crippen molar-refractivity contribution in [2.75, 3.05) is 39.8 Å². The van der Waals surface area contributed by atoms with Crippen LogP contribution in [0.1, 0.15) is 44.5 Å². The second kappa shape index (κ2) is 10.6. The van der Waals surface area contributed by atoms with Gasteiger partial charge in [0.15, 0.2) is 5.96 Å². The fraction of sp³-hybridized carbons (Fsp3) is 0.800. The van der Waals surface area contributed by atoms with Gasteiger partial charge in [0.2, 0.25) is 0 Å². The predicted molar refractivity (Wildman–Crippen MR) is 110 cm³/mol. The van der Waals surface area contributed by atoms with Crippen molar-refractivity contribution in [1.29, 1.82) is 0 Å². The van der Waals surface area contributed by atoms with Gasteiger partial charge < -0.3 is 15.5 Å².